The highest BCUT2D eigenvalue weighted by Gasteiger charge is 2.06. The number of aromatic hydroxyl groups is 1. The standard InChI is InChI=1S/C10H12Br2FNO/c11-8-4-7(6-14-3-1-2-13)10(15)9(12)5-8/h4-5,14-15H,1-3,6H2. The molecule has 15 heavy (non-hydrogen) atoms. The molecule has 0 radical (unpaired) electrons. The summed E-state index contributed by atoms with van der Waals surface area (Å²) >= 11 is 6.59. The molecule has 0 aromatic heterocycles. The van der Waals surface area contributed by atoms with Crippen LogP contribution in [0.15, 0.2) is 21.1 Å². The fourth-order valence-corrected chi connectivity index (χ4v) is 2.48. The van der Waals surface area contributed by atoms with Gasteiger partial charge in [-0.1, -0.05) is 15.9 Å². The number of phenolic OH excluding ortho intramolecular Hbond substituents is 1. The number of rotatable bonds is 5. The number of benzene rings is 1. The molecular formula is C10H12Br2FNO. The third-order valence-electron chi connectivity index (χ3n) is 1.91. The van der Waals surface area contributed by atoms with Crippen molar-refractivity contribution in [3.05, 3.63) is 26.6 Å². The summed E-state index contributed by atoms with van der Waals surface area (Å²) in [4.78, 5) is 0. The highest BCUT2D eigenvalue weighted by Crippen LogP contribution is 2.31. The summed E-state index contributed by atoms with van der Waals surface area (Å²) in [5, 5.41) is 12.8. The Morgan fingerprint density at radius 2 is 2.07 bits per heavy atom. The molecule has 0 bridgehead atoms. The van der Waals surface area contributed by atoms with E-state index >= 15 is 0 Å². The van der Waals surface area contributed by atoms with Crippen LogP contribution in [0, 0.1) is 0 Å². The van der Waals surface area contributed by atoms with Gasteiger partial charge in [0.1, 0.15) is 5.75 Å². The first kappa shape index (κ1) is 12.9. The lowest BCUT2D eigenvalue weighted by atomic mass is 10.2. The third kappa shape index (κ3) is 4.09. The first-order valence-electron chi connectivity index (χ1n) is 4.58. The molecule has 0 aliphatic carbocycles. The minimum absolute atomic E-state index is 0.228. The van der Waals surface area contributed by atoms with Gasteiger partial charge in [0.15, 0.2) is 0 Å². The predicted octanol–water partition coefficient (Wildman–Crippen LogP) is 3.37. The molecule has 0 fully saturated rings. The van der Waals surface area contributed by atoms with Gasteiger partial charge in [0.05, 0.1) is 11.1 Å². The second-order valence-electron chi connectivity index (χ2n) is 3.11. The normalized spacial score (nSPS) is 10.6. The van der Waals surface area contributed by atoms with Crippen LogP contribution < -0.4 is 5.32 Å². The van der Waals surface area contributed by atoms with Crippen molar-refractivity contribution in [2.75, 3.05) is 13.2 Å². The van der Waals surface area contributed by atoms with Crippen LogP contribution in [0.4, 0.5) is 4.39 Å². The van der Waals surface area contributed by atoms with Gasteiger partial charge < -0.3 is 10.4 Å². The Morgan fingerprint density at radius 1 is 1.33 bits per heavy atom. The number of phenols is 1. The van der Waals surface area contributed by atoms with Gasteiger partial charge in [-0.25, -0.2) is 0 Å². The van der Waals surface area contributed by atoms with Crippen LogP contribution in [0.25, 0.3) is 0 Å². The fourth-order valence-electron chi connectivity index (χ4n) is 1.17. The molecule has 5 heteroatoms. The maximum absolute atomic E-state index is 11.8. The van der Waals surface area contributed by atoms with Gasteiger partial charge in [-0.3, -0.25) is 4.39 Å². The minimum Gasteiger partial charge on any atom is -0.506 e. The number of hydrogen-bond donors (Lipinski definition) is 2. The Labute approximate surface area is 105 Å². The minimum atomic E-state index is -0.318. The molecule has 0 aliphatic rings. The van der Waals surface area contributed by atoms with Gasteiger partial charge in [-0.05, 0) is 41.0 Å². The summed E-state index contributed by atoms with van der Waals surface area (Å²) in [6.45, 7) is 0.825. The topological polar surface area (TPSA) is 32.3 Å². The zero-order chi connectivity index (χ0) is 11.3. The molecule has 0 saturated carbocycles. The summed E-state index contributed by atoms with van der Waals surface area (Å²) in [5.74, 6) is 0.228. The van der Waals surface area contributed by atoms with Crippen LogP contribution in [-0.4, -0.2) is 18.3 Å². The molecule has 2 N–H and O–H groups in total. The van der Waals surface area contributed by atoms with Crippen LogP contribution in [0.1, 0.15) is 12.0 Å². The lowest BCUT2D eigenvalue weighted by molar-refractivity contribution is 0.448. The zero-order valence-electron chi connectivity index (χ0n) is 8.06. The highest BCUT2D eigenvalue weighted by atomic mass is 79.9. The van der Waals surface area contributed by atoms with Crippen LogP contribution >= 0.6 is 31.9 Å². The molecule has 1 rings (SSSR count). The van der Waals surface area contributed by atoms with Crippen molar-refractivity contribution in [3.8, 4) is 5.75 Å². The lowest BCUT2D eigenvalue weighted by Crippen LogP contribution is -2.15. The van der Waals surface area contributed by atoms with E-state index < -0.39 is 0 Å². The molecule has 0 heterocycles. The van der Waals surface area contributed by atoms with Crippen LogP contribution in [0.5, 0.6) is 5.75 Å². The van der Waals surface area contributed by atoms with Crippen molar-refractivity contribution in [3.63, 3.8) is 0 Å². The first-order chi connectivity index (χ1) is 7.15. The third-order valence-corrected chi connectivity index (χ3v) is 2.97. The molecule has 0 atom stereocenters. The lowest BCUT2D eigenvalue weighted by Gasteiger charge is -2.08. The molecule has 0 amide bonds. The Balaban J connectivity index is 2.60. The molecule has 1 aromatic carbocycles. The monoisotopic (exact) mass is 339 g/mol. The first-order valence-corrected chi connectivity index (χ1v) is 6.17. The van der Waals surface area contributed by atoms with E-state index in [0.29, 0.717) is 24.0 Å². The molecule has 84 valence electrons. The van der Waals surface area contributed by atoms with Crippen LogP contribution in [0.3, 0.4) is 0 Å². The average Bonchev–Trinajstić information content (AvgIpc) is 2.19. The van der Waals surface area contributed by atoms with Gasteiger partial charge >= 0.3 is 0 Å². The van der Waals surface area contributed by atoms with E-state index in [4.69, 9.17) is 0 Å². The Hall–Kier alpha value is -0.130. The molecule has 0 saturated heterocycles. The van der Waals surface area contributed by atoms with E-state index in [-0.39, 0.29) is 12.4 Å². The number of halogens is 3. The van der Waals surface area contributed by atoms with E-state index in [1.807, 2.05) is 6.07 Å². The van der Waals surface area contributed by atoms with Crippen molar-refractivity contribution < 1.29 is 9.50 Å². The predicted molar refractivity (Wildman–Crippen MR) is 65.8 cm³/mol. The summed E-state index contributed by atoms with van der Waals surface area (Å²) in [7, 11) is 0. The molecule has 0 unspecified atom stereocenters. The summed E-state index contributed by atoms with van der Waals surface area (Å²) in [5.41, 5.74) is 0.787. The molecule has 0 spiro atoms. The second-order valence-corrected chi connectivity index (χ2v) is 4.88. The summed E-state index contributed by atoms with van der Waals surface area (Å²) in [6, 6.07) is 3.61. The summed E-state index contributed by atoms with van der Waals surface area (Å²) < 4.78 is 13.4. The number of hydrogen-bond acceptors (Lipinski definition) is 2. The Kier molecular flexibility index (Phi) is 5.56. The van der Waals surface area contributed by atoms with E-state index in [2.05, 4.69) is 37.2 Å². The molecule has 2 nitrogen and oxygen atoms in total. The quantitative estimate of drug-likeness (QED) is 0.805. The largest absolute Gasteiger partial charge is 0.506 e. The van der Waals surface area contributed by atoms with Crippen molar-refractivity contribution in [1.82, 2.24) is 5.32 Å². The van der Waals surface area contributed by atoms with Crippen LogP contribution in [-0.2, 0) is 6.54 Å². The van der Waals surface area contributed by atoms with E-state index in [1.165, 1.54) is 0 Å². The maximum atomic E-state index is 11.8. The van der Waals surface area contributed by atoms with E-state index in [9.17, 15) is 9.50 Å². The molecular weight excluding hydrogens is 329 g/mol. The van der Waals surface area contributed by atoms with Gasteiger partial charge in [-0.15, -0.1) is 0 Å². The highest BCUT2D eigenvalue weighted by molar-refractivity contribution is 9.11. The van der Waals surface area contributed by atoms with Crippen molar-refractivity contribution in [2.24, 2.45) is 0 Å². The zero-order valence-corrected chi connectivity index (χ0v) is 11.2. The van der Waals surface area contributed by atoms with E-state index in [1.54, 1.807) is 6.07 Å². The van der Waals surface area contributed by atoms with E-state index in [0.717, 1.165) is 10.0 Å². The molecule has 1 aromatic rings. The SMILES string of the molecule is Oc1c(Br)cc(Br)cc1CNCCCF. The van der Waals surface area contributed by atoms with Crippen molar-refractivity contribution in [1.29, 1.82) is 0 Å². The fraction of sp³-hybridized carbons (Fsp3) is 0.400. The van der Waals surface area contributed by atoms with Gasteiger partial charge in [0.2, 0.25) is 0 Å². The number of nitrogens with one attached hydrogen (secondary N) is 1. The molecule has 0 aliphatic heterocycles. The second kappa shape index (κ2) is 6.45. The van der Waals surface area contributed by atoms with Crippen molar-refractivity contribution >= 4 is 31.9 Å². The van der Waals surface area contributed by atoms with Gasteiger partial charge in [-0.2, -0.15) is 0 Å². The van der Waals surface area contributed by atoms with Gasteiger partial charge in [0.25, 0.3) is 0 Å². The Morgan fingerprint density at radius 3 is 2.73 bits per heavy atom. The summed E-state index contributed by atoms with van der Waals surface area (Å²) in [6.07, 6.45) is 0.496. The smallest absolute Gasteiger partial charge is 0.134 e. The maximum Gasteiger partial charge on any atom is 0.134 e. The van der Waals surface area contributed by atoms with Crippen molar-refractivity contribution in [2.45, 2.75) is 13.0 Å². The average molecular weight is 341 g/mol. The van der Waals surface area contributed by atoms with Gasteiger partial charge in [0, 0.05) is 16.6 Å². The number of alkyl halides is 1. The Bertz CT molecular complexity index is 333. The van der Waals surface area contributed by atoms with Crippen LogP contribution in [0.2, 0.25) is 0 Å².